The van der Waals surface area contributed by atoms with Crippen molar-refractivity contribution in [1.29, 1.82) is 0 Å². The molecule has 1 saturated heterocycles. The van der Waals surface area contributed by atoms with Crippen molar-refractivity contribution in [1.82, 2.24) is 19.7 Å². The lowest BCUT2D eigenvalue weighted by atomic mass is 9.82. The van der Waals surface area contributed by atoms with Crippen molar-refractivity contribution in [3.8, 4) is 5.82 Å². The van der Waals surface area contributed by atoms with Crippen LogP contribution in [0.3, 0.4) is 0 Å². The van der Waals surface area contributed by atoms with E-state index in [0.717, 1.165) is 10.9 Å². The monoisotopic (exact) mass is 291 g/mol. The molecule has 2 aromatic heterocycles. The molecule has 0 radical (unpaired) electrons. The Morgan fingerprint density at radius 3 is 2.48 bits per heavy atom. The number of aryl methyl sites for hydroxylation is 1. The van der Waals surface area contributed by atoms with Crippen molar-refractivity contribution in [2.45, 2.75) is 45.7 Å². The van der Waals surface area contributed by atoms with Crippen LogP contribution in [0.4, 0.5) is 0 Å². The average Bonchev–Trinajstić information content (AvgIpc) is 2.90. The standard InChI is InChI=1S/C14H19BN4O2/c1-10-6-17-12(8-16-10)19-9-11(7-18-19)15-20-13(2,3)14(4,5)21-15/h6-9H,1-5H3/i1D3,7D,9D. The lowest BCUT2D eigenvalue weighted by Gasteiger charge is -2.32. The Morgan fingerprint density at radius 2 is 1.90 bits per heavy atom. The SMILES string of the molecule is [2H]c1nn(-c2cnc(C([2H])([2H])[2H])cn2)c([2H])c1B1OC(C)(C)C(C)(C)O1. The minimum atomic E-state index is -2.37. The number of rotatable bonds is 2. The maximum Gasteiger partial charge on any atom is 0.498 e. The molecule has 0 saturated carbocycles. The quantitative estimate of drug-likeness (QED) is 0.780. The molecule has 0 unspecified atom stereocenters. The van der Waals surface area contributed by atoms with Crippen LogP contribution in [0.2, 0.25) is 0 Å². The summed E-state index contributed by atoms with van der Waals surface area (Å²) in [6, 6.07) is 0. The van der Waals surface area contributed by atoms with E-state index in [-0.39, 0.29) is 29.3 Å². The molecule has 0 N–H and O–H groups in total. The third kappa shape index (κ3) is 2.47. The van der Waals surface area contributed by atoms with Gasteiger partial charge in [-0.15, -0.1) is 0 Å². The van der Waals surface area contributed by atoms with Crippen LogP contribution in [0.25, 0.3) is 5.82 Å². The van der Waals surface area contributed by atoms with Gasteiger partial charge in [-0.1, -0.05) is 0 Å². The van der Waals surface area contributed by atoms with Gasteiger partial charge < -0.3 is 9.31 Å². The molecular weight excluding hydrogens is 267 g/mol. The summed E-state index contributed by atoms with van der Waals surface area (Å²) in [7, 11) is -0.900. The topological polar surface area (TPSA) is 62.1 Å². The lowest BCUT2D eigenvalue weighted by Crippen LogP contribution is -2.41. The van der Waals surface area contributed by atoms with Gasteiger partial charge in [0.1, 0.15) is 0 Å². The molecule has 1 fully saturated rings. The molecule has 0 amide bonds. The van der Waals surface area contributed by atoms with E-state index in [1.807, 2.05) is 27.7 Å². The van der Waals surface area contributed by atoms with Gasteiger partial charge in [0.15, 0.2) is 5.82 Å². The Morgan fingerprint density at radius 1 is 1.19 bits per heavy atom. The van der Waals surface area contributed by atoms with Crippen LogP contribution in [0, 0.1) is 6.85 Å². The van der Waals surface area contributed by atoms with E-state index in [0.29, 0.717) is 0 Å². The molecule has 1 aliphatic rings. The van der Waals surface area contributed by atoms with Crippen molar-refractivity contribution < 1.29 is 16.2 Å². The summed E-state index contributed by atoms with van der Waals surface area (Å²) in [4.78, 5) is 7.86. The highest BCUT2D eigenvalue weighted by Crippen LogP contribution is 2.36. The zero-order valence-electron chi connectivity index (χ0n) is 17.3. The number of hydrogen-bond donors (Lipinski definition) is 0. The van der Waals surface area contributed by atoms with E-state index in [1.165, 1.54) is 6.20 Å². The molecule has 0 aromatic carbocycles. The highest BCUT2D eigenvalue weighted by Gasteiger charge is 2.52. The number of aromatic nitrogens is 4. The van der Waals surface area contributed by atoms with E-state index in [1.54, 1.807) is 0 Å². The zero-order chi connectivity index (χ0) is 19.5. The van der Waals surface area contributed by atoms with E-state index in [4.69, 9.17) is 16.2 Å². The molecule has 110 valence electrons. The van der Waals surface area contributed by atoms with Crippen LogP contribution < -0.4 is 5.46 Å². The molecule has 7 heteroatoms. The van der Waals surface area contributed by atoms with Crippen LogP contribution in [0.5, 0.6) is 0 Å². The molecule has 0 spiro atoms. The van der Waals surface area contributed by atoms with Gasteiger partial charge >= 0.3 is 7.12 Å². The fraction of sp³-hybridized carbons (Fsp3) is 0.500. The largest absolute Gasteiger partial charge is 0.498 e. The molecule has 2 aromatic rings. The fourth-order valence-corrected chi connectivity index (χ4v) is 1.87. The van der Waals surface area contributed by atoms with Crippen LogP contribution in [0.1, 0.15) is 40.2 Å². The second kappa shape index (κ2) is 4.64. The van der Waals surface area contributed by atoms with Crippen molar-refractivity contribution >= 4 is 12.6 Å². The first-order valence-corrected chi connectivity index (χ1v) is 6.58. The van der Waals surface area contributed by atoms with Crippen molar-refractivity contribution in [3.05, 3.63) is 30.4 Å². The third-order valence-electron chi connectivity index (χ3n) is 3.84. The number of nitrogens with zero attached hydrogens (tertiary/aromatic N) is 4. The van der Waals surface area contributed by atoms with Crippen LogP contribution >= 0.6 is 0 Å². The molecule has 0 aliphatic carbocycles. The van der Waals surface area contributed by atoms with Crippen LogP contribution in [-0.4, -0.2) is 38.1 Å². The first-order valence-electron chi connectivity index (χ1n) is 9.08. The molecule has 6 nitrogen and oxygen atoms in total. The predicted octanol–water partition coefficient (Wildman–Crippen LogP) is 1.27. The third-order valence-corrected chi connectivity index (χ3v) is 3.84. The second-order valence-electron chi connectivity index (χ2n) is 5.90. The summed E-state index contributed by atoms with van der Waals surface area (Å²) in [6.45, 7) is 5.15. The molecule has 0 atom stereocenters. The van der Waals surface area contributed by atoms with Crippen LogP contribution in [0.15, 0.2) is 24.7 Å². The van der Waals surface area contributed by atoms with E-state index in [2.05, 4.69) is 15.1 Å². The maximum atomic E-state index is 8.35. The van der Waals surface area contributed by atoms with Crippen molar-refractivity contribution in [2.75, 3.05) is 0 Å². The Balaban J connectivity index is 1.97. The van der Waals surface area contributed by atoms with Crippen molar-refractivity contribution in [2.24, 2.45) is 0 Å². The maximum absolute atomic E-state index is 8.35. The highest BCUT2D eigenvalue weighted by molar-refractivity contribution is 6.62. The molecular formula is C14H19BN4O2. The van der Waals surface area contributed by atoms with Gasteiger partial charge in [-0.05, 0) is 34.5 Å². The molecule has 3 heterocycles. The smallest absolute Gasteiger partial charge is 0.399 e. The summed E-state index contributed by atoms with van der Waals surface area (Å²) in [5.41, 5.74) is -1.19. The van der Waals surface area contributed by atoms with Gasteiger partial charge in [0.25, 0.3) is 0 Å². The van der Waals surface area contributed by atoms with Gasteiger partial charge in [-0.25, -0.2) is 9.67 Å². The Bertz CT molecular complexity index is 819. The van der Waals surface area contributed by atoms with Gasteiger partial charge in [-0.3, -0.25) is 4.98 Å². The Hall–Kier alpha value is -1.73. The van der Waals surface area contributed by atoms with E-state index < -0.39 is 25.2 Å². The minimum Gasteiger partial charge on any atom is -0.399 e. The summed E-state index contributed by atoms with van der Waals surface area (Å²) in [5.74, 6) is 0.138. The number of hydrogen-bond acceptors (Lipinski definition) is 5. The van der Waals surface area contributed by atoms with Gasteiger partial charge in [0, 0.05) is 21.9 Å². The fourth-order valence-electron chi connectivity index (χ4n) is 1.87. The predicted molar refractivity (Wildman–Crippen MR) is 79.6 cm³/mol. The van der Waals surface area contributed by atoms with Crippen molar-refractivity contribution in [3.63, 3.8) is 0 Å². The minimum absolute atomic E-state index is 0.121. The van der Waals surface area contributed by atoms with E-state index >= 15 is 0 Å². The normalized spacial score (nSPS) is 24.0. The first kappa shape index (κ1) is 9.32. The molecule has 21 heavy (non-hydrogen) atoms. The van der Waals surface area contributed by atoms with Gasteiger partial charge in [0.05, 0.1) is 32.0 Å². The highest BCUT2D eigenvalue weighted by atomic mass is 16.7. The van der Waals surface area contributed by atoms with Gasteiger partial charge in [-0.2, -0.15) is 5.10 Å². The van der Waals surface area contributed by atoms with Crippen LogP contribution in [-0.2, 0) is 9.31 Å². The summed E-state index contributed by atoms with van der Waals surface area (Å²) in [6.07, 6.45) is 2.03. The second-order valence-corrected chi connectivity index (χ2v) is 5.90. The zero-order valence-corrected chi connectivity index (χ0v) is 12.3. The summed E-state index contributed by atoms with van der Waals surface area (Å²) in [5, 5.41) is 4.01. The van der Waals surface area contributed by atoms with Gasteiger partial charge in [0.2, 0.25) is 0 Å². The van der Waals surface area contributed by atoms with E-state index in [9.17, 15) is 0 Å². The first-order chi connectivity index (χ1) is 11.8. The molecule has 3 rings (SSSR count). The lowest BCUT2D eigenvalue weighted by molar-refractivity contribution is 0.00578. The molecule has 1 aliphatic heterocycles. The molecule has 0 bridgehead atoms. The summed E-state index contributed by atoms with van der Waals surface area (Å²) >= 11 is 0. The Kier molecular flexibility index (Phi) is 2.06. The Labute approximate surface area is 131 Å². The summed E-state index contributed by atoms with van der Waals surface area (Å²) < 4.78 is 51.3. The average molecular weight is 291 g/mol.